The zero-order chi connectivity index (χ0) is 58.6. The summed E-state index contributed by atoms with van der Waals surface area (Å²) in [6, 6.07) is -0.828. The maximum atomic E-state index is 13.1. The lowest BCUT2D eigenvalue weighted by Gasteiger charge is -2.40. The number of unbranched alkanes of at least 4 members (excludes halogenated alkanes) is 46. The van der Waals surface area contributed by atoms with Gasteiger partial charge in [0, 0.05) is 6.42 Å². The molecule has 0 spiro atoms. The Morgan fingerprint density at radius 3 is 1.04 bits per heavy atom. The lowest BCUT2D eigenvalue weighted by atomic mass is 9.99. The summed E-state index contributed by atoms with van der Waals surface area (Å²) in [4.78, 5) is 13.1. The fourth-order valence-corrected chi connectivity index (χ4v) is 11.3. The molecule has 0 aromatic carbocycles. The topological polar surface area (TPSA) is 149 Å². The Kier molecular flexibility index (Phi) is 58.3. The summed E-state index contributed by atoms with van der Waals surface area (Å²) in [5, 5.41) is 54.7. The van der Waals surface area contributed by atoms with E-state index in [2.05, 4.69) is 55.6 Å². The van der Waals surface area contributed by atoms with Crippen molar-refractivity contribution in [2.75, 3.05) is 13.2 Å². The zero-order valence-corrected chi connectivity index (χ0v) is 53.3. The van der Waals surface area contributed by atoms with E-state index < -0.39 is 49.5 Å². The molecule has 1 aliphatic rings. The average molecular weight is 1140 g/mol. The predicted octanol–water partition coefficient (Wildman–Crippen LogP) is 19.2. The number of allylic oxidation sites excluding steroid dienone is 7. The van der Waals surface area contributed by atoms with Gasteiger partial charge >= 0.3 is 0 Å². The molecule has 0 aromatic heterocycles. The fraction of sp³-hybridized carbons (Fsp3) is 0.875. The number of hydrogen-bond acceptors (Lipinski definition) is 8. The molecule has 0 aliphatic carbocycles. The first-order valence-corrected chi connectivity index (χ1v) is 35.4. The Bertz CT molecular complexity index is 1420. The molecular weight excluding hydrogens is 1010 g/mol. The van der Waals surface area contributed by atoms with Gasteiger partial charge in [0.1, 0.15) is 24.4 Å². The zero-order valence-electron chi connectivity index (χ0n) is 53.3. The highest BCUT2D eigenvalue weighted by molar-refractivity contribution is 5.76. The van der Waals surface area contributed by atoms with Gasteiger partial charge in [-0.1, -0.05) is 319 Å². The van der Waals surface area contributed by atoms with Crippen molar-refractivity contribution in [3.05, 3.63) is 48.6 Å². The minimum Gasteiger partial charge on any atom is -0.394 e. The van der Waals surface area contributed by atoms with Crippen LogP contribution in [0.4, 0.5) is 0 Å². The summed E-state index contributed by atoms with van der Waals surface area (Å²) < 4.78 is 11.3. The van der Waals surface area contributed by atoms with E-state index in [-0.39, 0.29) is 12.5 Å². The summed E-state index contributed by atoms with van der Waals surface area (Å²) >= 11 is 0. The van der Waals surface area contributed by atoms with Crippen LogP contribution in [0, 0.1) is 0 Å². The molecule has 1 aliphatic heterocycles. The van der Waals surface area contributed by atoms with Crippen LogP contribution in [0.25, 0.3) is 0 Å². The Morgan fingerprint density at radius 2 is 0.704 bits per heavy atom. The highest BCUT2D eigenvalue weighted by Gasteiger charge is 2.44. The third kappa shape index (κ3) is 50.1. The molecule has 81 heavy (non-hydrogen) atoms. The normalized spacial score (nSPS) is 18.6. The smallest absolute Gasteiger partial charge is 0.220 e. The van der Waals surface area contributed by atoms with E-state index in [9.17, 15) is 30.3 Å². The summed E-state index contributed by atoms with van der Waals surface area (Å²) in [5.41, 5.74) is 0. The molecule has 1 rings (SSSR count). The molecule has 1 saturated heterocycles. The van der Waals surface area contributed by atoms with Crippen LogP contribution >= 0.6 is 0 Å². The Balaban J connectivity index is 2.09. The number of rotatable bonds is 62. The molecule has 0 bridgehead atoms. The van der Waals surface area contributed by atoms with Gasteiger partial charge in [-0.25, -0.2) is 0 Å². The molecule has 7 unspecified atom stereocenters. The van der Waals surface area contributed by atoms with E-state index in [0.717, 1.165) is 44.9 Å². The lowest BCUT2D eigenvalue weighted by molar-refractivity contribution is -0.302. The molecule has 0 radical (unpaired) electrons. The van der Waals surface area contributed by atoms with Crippen LogP contribution in [0.1, 0.15) is 348 Å². The van der Waals surface area contributed by atoms with Gasteiger partial charge in [-0.3, -0.25) is 4.79 Å². The van der Waals surface area contributed by atoms with Crippen molar-refractivity contribution in [1.82, 2.24) is 5.32 Å². The van der Waals surface area contributed by atoms with Crippen LogP contribution < -0.4 is 5.32 Å². The van der Waals surface area contributed by atoms with Crippen molar-refractivity contribution >= 4 is 5.91 Å². The average Bonchev–Trinajstić information content (AvgIpc) is 3.49. The van der Waals surface area contributed by atoms with E-state index in [0.29, 0.717) is 6.42 Å². The van der Waals surface area contributed by atoms with Gasteiger partial charge in [0.15, 0.2) is 6.29 Å². The minimum atomic E-state index is -1.58. The minimum absolute atomic E-state index is 0.185. The number of carbonyl (C=O) groups excluding carboxylic acids is 1. The standard InChI is InChI=1S/C72H135NO8/c1-3-5-7-9-11-13-15-17-19-21-23-25-26-27-28-29-30-31-32-33-34-35-36-37-38-39-40-42-44-46-48-50-52-54-56-58-60-62-68(76)73-65(64-80-72-71(79)70(78)69(77)67(63-74)81-72)66(75)61-59-57-55-53-51-49-47-45-43-41-24-22-20-18-16-14-12-10-8-6-4-2/h21,23,43,45,51,53,59,61,65-67,69-72,74-75,77-79H,3-20,22,24-42,44,46-50,52,54-58,60,62-64H2,1-2H3,(H,73,76)/b23-21-,45-43+,53-51+,61-59+. The Hall–Kier alpha value is -1.85. The first kappa shape index (κ1) is 77.2. The molecule has 476 valence electrons. The van der Waals surface area contributed by atoms with E-state index in [1.807, 2.05) is 6.08 Å². The molecule has 0 saturated carbocycles. The van der Waals surface area contributed by atoms with Gasteiger partial charge in [0.2, 0.25) is 5.91 Å². The third-order valence-electron chi connectivity index (χ3n) is 16.9. The number of carbonyl (C=O) groups is 1. The SMILES string of the molecule is CCCCCCCCCC/C=C\CCCCCCCCCCCCCCCCCCCCCCCCCCCC(=O)NC(COC1OC(CO)C(O)C(O)C1O)C(O)/C=C/CC/C=C/CC/C=C/CCCCCCCCCCCCC. The molecule has 1 heterocycles. The van der Waals surface area contributed by atoms with Gasteiger partial charge in [-0.15, -0.1) is 0 Å². The van der Waals surface area contributed by atoms with Gasteiger partial charge in [-0.05, 0) is 70.6 Å². The summed E-state index contributed by atoms with van der Waals surface area (Å²) in [6.45, 7) is 3.80. The first-order valence-electron chi connectivity index (χ1n) is 35.4. The predicted molar refractivity (Wildman–Crippen MR) is 346 cm³/mol. The number of hydrogen-bond donors (Lipinski definition) is 6. The largest absolute Gasteiger partial charge is 0.394 e. The van der Waals surface area contributed by atoms with Crippen molar-refractivity contribution in [3.63, 3.8) is 0 Å². The fourth-order valence-electron chi connectivity index (χ4n) is 11.3. The number of aliphatic hydroxyl groups is 5. The Morgan fingerprint density at radius 1 is 0.407 bits per heavy atom. The maximum Gasteiger partial charge on any atom is 0.220 e. The van der Waals surface area contributed by atoms with E-state index in [1.165, 1.54) is 283 Å². The molecule has 0 aromatic rings. The monoisotopic (exact) mass is 1140 g/mol. The molecule has 1 fully saturated rings. The third-order valence-corrected chi connectivity index (χ3v) is 16.9. The van der Waals surface area contributed by atoms with Gasteiger partial charge in [0.25, 0.3) is 0 Å². The van der Waals surface area contributed by atoms with Crippen LogP contribution in [0.15, 0.2) is 48.6 Å². The summed E-state index contributed by atoms with van der Waals surface area (Å²) in [7, 11) is 0. The van der Waals surface area contributed by atoms with E-state index in [4.69, 9.17) is 9.47 Å². The molecule has 1 amide bonds. The summed E-state index contributed by atoms with van der Waals surface area (Å²) in [5.74, 6) is -0.185. The van der Waals surface area contributed by atoms with Crippen molar-refractivity contribution < 1.29 is 39.8 Å². The highest BCUT2D eigenvalue weighted by atomic mass is 16.7. The first-order chi connectivity index (χ1) is 39.8. The van der Waals surface area contributed by atoms with Gasteiger partial charge in [0.05, 0.1) is 25.4 Å². The van der Waals surface area contributed by atoms with Gasteiger partial charge in [-0.2, -0.15) is 0 Å². The van der Waals surface area contributed by atoms with Crippen molar-refractivity contribution in [2.45, 2.75) is 391 Å². The quantitative estimate of drug-likeness (QED) is 0.0261. The molecular formula is C72H135NO8. The second kappa shape index (κ2) is 61.2. The van der Waals surface area contributed by atoms with Crippen molar-refractivity contribution in [2.24, 2.45) is 0 Å². The second-order valence-corrected chi connectivity index (χ2v) is 24.7. The van der Waals surface area contributed by atoms with E-state index >= 15 is 0 Å². The van der Waals surface area contributed by atoms with Crippen LogP contribution in [0.2, 0.25) is 0 Å². The number of nitrogens with one attached hydrogen (secondary N) is 1. The molecule has 9 heteroatoms. The number of aliphatic hydroxyl groups excluding tert-OH is 5. The highest BCUT2D eigenvalue weighted by Crippen LogP contribution is 2.23. The van der Waals surface area contributed by atoms with Crippen LogP contribution in [0.5, 0.6) is 0 Å². The molecule has 6 N–H and O–H groups in total. The molecule has 9 nitrogen and oxygen atoms in total. The van der Waals surface area contributed by atoms with Crippen molar-refractivity contribution in [3.8, 4) is 0 Å². The summed E-state index contributed by atoms with van der Waals surface area (Å²) in [6.07, 6.45) is 76.6. The number of ether oxygens (including phenoxy) is 2. The van der Waals surface area contributed by atoms with Crippen LogP contribution in [-0.2, 0) is 14.3 Å². The maximum absolute atomic E-state index is 13.1. The van der Waals surface area contributed by atoms with Crippen molar-refractivity contribution in [1.29, 1.82) is 0 Å². The number of amides is 1. The second-order valence-electron chi connectivity index (χ2n) is 24.7. The molecule has 7 atom stereocenters. The van der Waals surface area contributed by atoms with Gasteiger partial charge < -0.3 is 40.3 Å². The lowest BCUT2D eigenvalue weighted by Crippen LogP contribution is -2.60. The Labute approximate surface area is 501 Å². The van der Waals surface area contributed by atoms with E-state index in [1.54, 1.807) is 6.08 Å². The van der Waals surface area contributed by atoms with Crippen LogP contribution in [0.3, 0.4) is 0 Å². The van der Waals surface area contributed by atoms with Crippen LogP contribution in [-0.4, -0.2) is 87.5 Å².